The maximum absolute atomic E-state index is 12.3. The van der Waals surface area contributed by atoms with Crippen molar-refractivity contribution in [2.24, 2.45) is 0 Å². The maximum Gasteiger partial charge on any atom is 0.314 e. The van der Waals surface area contributed by atoms with Gasteiger partial charge in [0, 0.05) is 5.39 Å². The van der Waals surface area contributed by atoms with Gasteiger partial charge >= 0.3 is 5.97 Å². The number of aromatic nitrogens is 2. The molecule has 0 saturated carbocycles. The quantitative estimate of drug-likeness (QED) is 0.835. The van der Waals surface area contributed by atoms with E-state index in [4.69, 9.17) is 4.74 Å². The van der Waals surface area contributed by atoms with Crippen molar-refractivity contribution in [3.63, 3.8) is 0 Å². The van der Waals surface area contributed by atoms with Gasteiger partial charge in [0.05, 0.1) is 12.6 Å². The minimum absolute atomic E-state index is 0.211. The van der Waals surface area contributed by atoms with Gasteiger partial charge in [0.1, 0.15) is 11.6 Å². The van der Waals surface area contributed by atoms with Crippen molar-refractivity contribution in [1.29, 1.82) is 0 Å². The summed E-state index contributed by atoms with van der Waals surface area (Å²) in [6.45, 7) is 1.82. The van der Waals surface area contributed by atoms with Crippen LogP contribution in [0.2, 0.25) is 0 Å². The SMILES string of the molecule is CCC(C(=O)OC)c1n[nH]c2ccccc2c1=O. The highest BCUT2D eigenvalue weighted by molar-refractivity contribution is 5.81. The molecule has 0 aliphatic carbocycles. The molecule has 94 valence electrons. The Morgan fingerprint density at radius 2 is 2.17 bits per heavy atom. The van der Waals surface area contributed by atoms with E-state index in [1.807, 2.05) is 13.0 Å². The molecule has 0 bridgehead atoms. The van der Waals surface area contributed by atoms with Gasteiger partial charge in [-0.15, -0.1) is 0 Å². The smallest absolute Gasteiger partial charge is 0.314 e. The molecular weight excluding hydrogens is 232 g/mol. The number of nitrogens with zero attached hydrogens (tertiary/aromatic N) is 1. The Morgan fingerprint density at radius 1 is 1.44 bits per heavy atom. The summed E-state index contributed by atoms with van der Waals surface area (Å²) in [7, 11) is 1.31. The van der Waals surface area contributed by atoms with Crippen LogP contribution in [-0.4, -0.2) is 23.3 Å². The Labute approximate surface area is 104 Å². The first kappa shape index (κ1) is 12.3. The highest BCUT2D eigenvalue weighted by atomic mass is 16.5. The average Bonchev–Trinajstić information content (AvgIpc) is 2.42. The van der Waals surface area contributed by atoms with Crippen LogP contribution in [-0.2, 0) is 9.53 Å². The topological polar surface area (TPSA) is 72.0 Å². The predicted octanol–water partition coefficient (Wildman–Crippen LogP) is 1.59. The molecule has 2 aromatic rings. The van der Waals surface area contributed by atoms with Crippen molar-refractivity contribution < 1.29 is 9.53 Å². The van der Waals surface area contributed by atoms with Crippen molar-refractivity contribution in [1.82, 2.24) is 10.2 Å². The molecule has 18 heavy (non-hydrogen) atoms. The molecule has 1 atom stereocenters. The first-order chi connectivity index (χ1) is 8.69. The lowest BCUT2D eigenvalue weighted by atomic mass is 10.0. The summed E-state index contributed by atoms with van der Waals surface area (Å²) in [5.74, 6) is -1.06. The van der Waals surface area contributed by atoms with Crippen LogP contribution in [0.3, 0.4) is 0 Å². The molecule has 0 amide bonds. The molecular formula is C13H14N2O3. The fourth-order valence-corrected chi connectivity index (χ4v) is 1.94. The van der Waals surface area contributed by atoms with Gasteiger partial charge in [-0.1, -0.05) is 19.1 Å². The number of hydrogen-bond acceptors (Lipinski definition) is 4. The zero-order valence-electron chi connectivity index (χ0n) is 10.3. The van der Waals surface area contributed by atoms with Gasteiger partial charge in [0.15, 0.2) is 0 Å². The predicted molar refractivity (Wildman–Crippen MR) is 67.4 cm³/mol. The minimum atomic E-state index is -0.622. The normalized spacial score (nSPS) is 12.3. The van der Waals surface area contributed by atoms with E-state index in [1.165, 1.54) is 7.11 Å². The first-order valence-electron chi connectivity index (χ1n) is 5.74. The number of methoxy groups -OCH3 is 1. The van der Waals surface area contributed by atoms with E-state index in [0.29, 0.717) is 17.3 Å². The third-order valence-electron chi connectivity index (χ3n) is 2.93. The van der Waals surface area contributed by atoms with Crippen molar-refractivity contribution in [2.75, 3.05) is 7.11 Å². The van der Waals surface area contributed by atoms with Gasteiger partial charge in [-0.05, 0) is 18.6 Å². The lowest BCUT2D eigenvalue weighted by Crippen LogP contribution is -2.23. The molecule has 1 aromatic heterocycles. The van der Waals surface area contributed by atoms with Gasteiger partial charge < -0.3 is 4.74 Å². The average molecular weight is 246 g/mol. The van der Waals surface area contributed by atoms with E-state index in [0.717, 1.165) is 0 Å². The number of nitrogens with one attached hydrogen (secondary N) is 1. The van der Waals surface area contributed by atoms with Crippen LogP contribution in [0.1, 0.15) is 25.0 Å². The van der Waals surface area contributed by atoms with Gasteiger partial charge in [-0.2, -0.15) is 5.10 Å². The molecule has 0 saturated heterocycles. The number of H-pyrrole nitrogens is 1. The molecule has 1 aromatic carbocycles. The van der Waals surface area contributed by atoms with Gasteiger partial charge in [-0.3, -0.25) is 14.7 Å². The van der Waals surface area contributed by atoms with E-state index in [1.54, 1.807) is 18.2 Å². The van der Waals surface area contributed by atoms with E-state index in [2.05, 4.69) is 10.2 Å². The van der Waals surface area contributed by atoms with Crippen LogP contribution < -0.4 is 5.43 Å². The fourth-order valence-electron chi connectivity index (χ4n) is 1.94. The summed E-state index contributed by atoms with van der Waals surface area (Å²) < 4.78 is 4.69. The van der Waals surface area contributed by atoms with Gasteiger partial charge in [-0.25, -0.2) is 0 Å². The summed E-state index contributed by atoms with van der Waals surface area (Å²) in [6.07, 6.45) is 0.473. The summed E-state index contributed by atoms with van der Waals surface area (Å²) in [5.41, 5.74) is 0.649. The highest BCUT2D eigenvalue weighted by Crippen LogP contribution is 2.17. The number of carbonyl (C=O) groups excluding carboxylic acids is 1. The third-order valence-corrected chi connectivity index (χ3v) is 2.93. The van der Waals surface area contributed by atoms with Crippen molar-refractivity contribution in [3.05, 3.63) is 40.2 Å². The standard InChI is InChI=1S/C13H14N2O3/c1-3-8(13(17)18-2)11-12(16)9-6-4-5-7-10(9)14-15-11/h4-8H,3H2,1-2H3,(H,14,16). The molecule has 5 heteroatoms. The number of benzene rings is 1. The minimum Gasteiger partial charge on any atom is -0.469 e. The molecule has 1 unspecified atom stereocenters. The number of carbonyl (C=O) groups is 1. The number of para-hydroxylation sites is 1. The Hall–Kier alpha value is -2.17. The summed E-state index contributed by atoms with van der Waals surface area (Å²) in [4.78, 5) is 23.9. The molecule has 0 radical (unpaired) electrons. The van der Waals surface area contributed by atoms with E-state index in [-0.39, 0.29) is 11.1 Å². The number of esters is 1. The van der Waals surface area contributed by atoms with Crippen LogP contribution in [0.4, 0.5) is 0 Å². The van der Waals surface area contributed by atoms with Crippen molar-refractivity contribution >= 4 is 16.9 Å². The van der Waals surface area contributed by atoms with Crippen LogP contribution in [0.15, 0.2) is 29.1 Å². The summed E-state index contributed by atoms with van der Waals surface area (Å²) in [6, 6.07) is 7.08. The molecule has 1 heterocycles. The van der Waals surface area contributed by atoms with Crippen molar-refractivity contribution in [2.45, 2.75) is 19.3 Å². The molecule has 0 aliphatic rings. The molecule has 0 aliphatic heterocycles. The molecule has 2 rings (SSSR count). The summed E-state index contributed by atoms with van der Waals surface area (Å²) in [5, 5.41) is 7.34. The zero-order chi connectivity index (χ0) is 13.1. The number of ether oxygens (including phenoxy) is 1. The van der Waals surface area contributed by atoms with Gasteiger partial charge in [0.2, 0.25) is 5.43 Å². The zero-order valence-corrected chi connectivity index (χ0v) is 10.3. The highest BCUT2D eigenvalue weighted by Gasteiger charge is 2.24. The fraction of sp³-hybridized carbons (Fsp3) is 0.308. The Bertz CT molecular complexity index is 633. The summed E-state index contributed by atoms with van der Waals surface area (Å²) >= 11 is 0. The van der Waals surface area contributed by atoms with E-state index >= 15 is 0 Å². The first-order valence-corrected chi connectivity index (χ1v) is 5.74. The van der Waals surface area contributed by atoms with Crippen LogP contribution >= 0.6 is 0 Å². The van der Waals surface area contributed by atoms with Crippen molar-refractivity contribution in [3.8, 4) is 0 Å². The Kier molecular flexibility index (Phi) is 3.41. The monoisotopic (exact) mass is 246 g/mol. The number of aromatic amines is 1. The number of hydrogen-bond donors (Lipinski definition) is 1. The lowest BCUT2D eigenvalue weighted by Gasteiger charge is -2.11. The third kappa shape index (κ3) is 1.99. The molecule has 0 spiro atoms. The number of rotatable bonds is 3. The van der Waals surface area contributed by atoms with Crippen LogP contribution in [0.5, 0.6) is 0 Å². The molecule has 0 fully saturated rings. The lowest BCUT2D eigenvalue weighted by molar-refractivity contribution is -0.142. The second-order valence-electron chi connectivity index (χ2n) is 3.97. The molecule has 5 nitrogen and oxygen atoms in total. The van der Waals surface area contributed by atoms with Crippen LogP contribution in [0, 0.1) is 0 Å². The molecule has 1 N–H and O–H groups in total. The van der Waals surface area contributed by atoms with Gasteiger partial charge in [0.25, 0.3) is 0 Å². The largest absolute Gasteiger partial charge is 0.469 e. The maximum atomic E-state index is 12.3. The van der Waals surface area contributed by atoms with Crippen LogP contribution in [0.25, 0.3) is 10.9 Å². The van der Waals surface area contributed by atoms with E-state index < -0.39 is 11.9 Å². The second-order valence-corrected chi connectivity index (χ2v) is 3.97. The van der Waals surface area contributed by atoms with E-state index in [9.17, 15) is 9.59 Å². The Morgan fingerprint density at radius 3 is 2.83 bits per heavy atom. The second kappa shape index (κ2) is 5.00. The number of fused-ring (bicyclic) bond motifs is 1. The Balaban J connectivity index is 2.61.